The van der Waals surface area contributed by atoms with Crippen LogP contribution in [0.1, 0.15) is 15.3 Å². The average Bonchev–Trinajstić information content (AvgIpc) is 2.70. The minimum atomic E-state index is 0.780. The molecule has 1 aromatic carbocycles. The van der Waals surface area contributed by atoms with E-state index in [9.17, 15) is 0 Å². The van der Waals surface area contributed by atoms with E-state index in [1.54, 1.807) is 0 Å². The van der Waals surface area contributed by atoms with E-state index in [0.29, 0.717) is 0 Å². The van der Waals surface area contributed by atoms with E-state index in [0.717, 1.165) is 23.2 Å². The van der Waals surface area contributed by atoms with Gasteiger partial charge in [-0.2, -0.15) is 0 Å². The van der Waals surface area contributed by atoms with Crippen LogP contribution in [0.5, 0.6) is 0 Å². The number of thiophene rings is 1. The van der Waals surface area contributed by atoms with E-state index >= 15 is 0 Å². The highest BCUT2D eigenvalue weighted by Crippen LogP contribution is 2.20. The highest BCUT2D eigenvalue weighted by molar-refractivity contribution is 9.10. The van der Waals surface area contributed by atoms with Crippen LogP contribution in [-0.4, -0.2) is 0 Å². The number of nitrogens with two attached hydrogens (primary N) is 1. The molecule has 1 aromatic heterocycles. The maximum absolute atomic E-state index is 5.75. The standard InChI is InChI=1S/C13H15BrN2S/c1-9-2-4-11(17-9)8-16-7-10-3-5-13(15)12(14)6-10/h2-6,16H,7-8,15H2,1H3. The van der Waals surface area contributed by atoms with Crippen LogP contribution in [-0.2, 0) is 13.1 Å². The molecule has 2 aromatic rings. The lowest BCUT2D eigenvalue weighted by molar-refractivity contribution is 0.701. The van der Waals surface area contributed by atoms with Gasteiger partial charge in [-0.1, -0.05) is 6.07 Å². The third-order valence-corrected chi connectivity index (χ3v) is 4.18. The number of nitrogens with one attached hydrogen (secondary N) is 1. The minimum absolute atomic E-state index is 0.780. The van der Waals surface area contributed by atoms with Gasteiger partial charge in [0.2, 0.25) is 0 Å². The second-order valence-electron chi connectivity index (χ2n) is 3.97. The molecule has 2 nitrogen and oxygen atoms in total. The third-order valence-electron chi connectivity index (χ3n) is 2.49. The van der Waals surface area contributed by atoms with Crippen molar-refractivity contribution in [2.75, 3.05) is 5.73 Å². The number of aryl methyl sites for hydroxylation is 1. The van der Waals surface area contributed by atoms with Gasteiger partial charge in [0.25, 0.3) is 0 Å². The molecule has 0 radical (unpaired) electrons. The molecule has 1 heterocycles. The molecule has 0 aliphatic carbocycles. The van der Waals surface area contributed by atoms with Gasteiger partial charge in [-0.05, 0) is 52.7 Å². The van der Waals surface area contributed by atoms with Gasteiger partial charge in [-0.3, -0.25) is 0 Å². The van der Waals surface area contributed by atoms with Crippen molar-refractivity contribution in [3.63, 3.8) is 0 Å². The molecule has 2 rings (SSSR count). The summed E-state index contributed by atoms with van der Waals surface area (Å²) in [6, 6.07) is 10.4. The number of benzene rings is 1. The molecule has 4 heteroatoms. The molecule has 0 amide bonds. The molecule has 0 aliphatic rings. The van der Waals surface area contributed by atoms with Gasteiger partial charge >= 0.3 is 0 Å². The third kappa shape index (κ3) is 3.56. The molecular weight excluding hydrogens is 296 g/mol. The van der Waals surface area contributed by atoms with Crippen molar-refractivity contribution in [3.8, 4) is 0 Å². The zero-order valence-corrected chi connectivity index (χ0v) is 12.1. The molecule has 0 saturated carbocycles. The number of rotatable bonds is 4. The number of anilines is 1. The number of halogens is 1. The van der Waals surface area contributed by atoms with Crippen molar-refractivity contribution in [1.29, 1.82) is 0 Å². The van der Waals surface area contributed by atoms with Gasteiger partial charge in [-0.25, -0.2) is 0 Å². The summed E-state index contributed by atoms with van der Waals surface area (Å²) in [5, 5.41) is 3.43. The first-order valence-corrected chi connectivity index (χ1v) is 7.06. The molecular formula is C13H15BrN2S. The van der Waals surface area contributed by atoms with E-state index in [-0.39, 0.29) is 0 Å². The van der Waals surface area contributed by atoms with Gasteiger partial charge in [-0.15, -0.1) is 11.3 Å². The molecule has 3 N–H and O–H groups in total. The highest BCUT2D eigenvalue weighted by Gasteiger charge is 1.99. The summed E-state index contributed by atoms with van der Waals surface area (Å²) in [5.41, 5.74) is 7.76. The van der Waals surface area contributed by atoms with Crippen LogP contribution in [0.4, 0.5) is 5.69 Å². The molecule has 90 valence electrons. The fraction of sp³-hybridized carbons (Fsp3) is 0.231. The first kappa shape index (κ1) is 12.6. The first-order chi connectivity index (χ1) is 8.15. The predicted molar refractivity (Wildman–Crippen MR) is 78.2 cm³/mol. The van der Waals surface area contributed by atoms with Gasteiger partial charge in [0.15, 0.2) is 0 Å². The Morgan fingerprint density at radius 1 is 1.24 bits per heavy atom. The van der Waals surface area contributed by atoms with Crippen molar-refractivity contribution >= 4 is 33.0 Å². The Morgan fingerprint density at radius 2 is 2.06 bits per heavy atom. The summed E-state index contributed by atoms with van der Waals surface area (Å²) < 4.78 is 0.962. The summed E-state index contributed by atoms with van der Waals surface area (Å²) in [5.74, 6) is 0. The lowest BCUT2D eigenvalue weighted by Crippen LogP contribution is -2.11. The van der Waals surface area contributed by atoms with E-state index in [2.05, 4.69) is 46.4 Å². The van der Waals surface area contributed by atoms with Crippen LogP contribution in [0.2, 0.25) is 0 Å². The monoisotopic (exact) mass is 310 g/mol. The van der Waals surface area contributed by atoms with Gasteiger partial charge in [0, 0.05) is 33.0 Å². The second kappa shape index (κ2) is 5.67. The maximum Gasteiger partial charge on any atom is 0.0458 e. The number of nitrogen functional groups attached to an aromatic ring is 1. The summed E-state index contributed by atoms with van der Waals surface area (Å²) in [6.45, 7) is 3.90. The van der Waals surface area contributed by atoms with Crippen molar-refractivity contribution in [2.24, 2.45) is 0 Å². The highest BCUT2D eigenvalue weighted by atomic mass is 79.9. The van der Waals surface area contributed by atoms with E-state index < -0.39 is 0 Å². The fourth-order valence-corrected chi connectivity index (χ4v) is 2.88. The van der Waals surface area contributed by atoms with Crippen LogP contribution < -0.4 is 11.1 Å². The lowest BCUT2D eigenvalue weighted by Gasteiger charge is -2.05. The van der Waals surface area contributed by atoms with E-state index in [1.165, 1.54) is 15.3 Å². The van der Waals surface area contributed by atoms with Crippen LogP contribution in [0.3, 0.4) is 0 Å². The summed E-state index contributed by atoms with van der Waals surface area (Å²) in [6.07, 6.45) is 0. The molecule has 0 spiro atoms. The van der Waals surface area contributed by atoms with Crippen molar-refractivity contribution in [3.05, 3.63) is 50.1 Å². The Morgan fingerprint density at radius 3 is 2.71 bits per heavy atom. The normalized spacial score (nSPS) is 10.7. The van der Waals surface area contributed by atoms with E-state index in [1.807, 2.05) is 23.5 Å². The van der Waals surface area contributed by atoms with Gasteiger partial charge in [0.1, 0.15) is 0 Å². The second-order valence-corrected chi connectivity index (χ2v) is 6.20. The molecule has 0 atom stereocenters. The van der Waals surface area contributed by atoms with Crippen LogP contribution in [0.15, 0.2) is 34.8 Å². The predicted octanol–water partition coefficient (Wildman–Crippen LogP) is 3.69. The van der Waals surface area contributed by atoms with Crippen molar-refractivity contribution < 1.29 is 0 Å². The summed E-state index contributed by atoms with van der Waals surface area (Å²) in [4.78, 5) is 2.73. The topological polar surface area (TPSA) is 38.0 Å². The Hall–Kier alpha value is -0.840. The Labute approximate surface area is 114 Å². The molecule has 0 bridgehead atoms. The SMILES string of the molecule is Cc1ccc(CNCc2ccc(N)c(Br)c2)s1. The summed E-state index contributed by atoms with van der Waals surface area (Å²) >= 11 is 5.27. The molecule has 0 fully saturated rings. The van der Waals surface area contributed by atoms with Crippen molar-refractivity contribution in [2.45, 2.75) is 20.0 Å². The lowest BCUT2D eigenvalue weighted by atomic mass is 10.2. The smallest absolute Gasteiger partial charge is 0.0458 e. The zero-order chi connectivity index (χ0) is 12.3. The average molecular weight is 311 g/mol. The minimum Gasteiger partial charge on any atom is -0.398 e. The van der Waals surface area contributed by atoms with Gasteiger partial charge < -0.3 is 11.1 Å². The Kier molecular flexibility index (Phi) is 4.20. The molecule has 0 saturated heterocycles. The van der Waals surface area contributed by atoms with Gasteiger partial charge in [0.05, 0.1) is 0 Å². The first-order valence-electron chi connectivity index (χ1n) is 5.45. The number of hydrogen-bond donors (Lipinski definition) is 2. The van der Waals surface area contributed by atoms with Crippen LogP contribution >= 0.6 is 27.3 Å². The molecule has 0 aliphatic heterocycles. The zero-order valence-electron chi connectivity index (χ0n) is 9.66. The van der Waals surface area contributed by atoms with Crippen molar-refractivity contribution in [1.82, 2.24) is 5.32 Å². The van der Waals surface area contributed by atoms with E-state index in [4.69, 9.17) is 5.73 Å². The number of hydrogen-bond acceptors (Lipinski definition) is 3. The fourth-order valence-electron chi connectivity index (χ4n) is 1.59. The summed E-state index contributed by atoms with van der Waals surface area (Å²) in [7, 11) is 0. The maximum atomic E-state index is 5.75. The Bertz CT molecular complexity index is 508. The van der Waals surface area contributed by atoms with Crippen LogP contribution in [0.25, 0.3) is 0 Å². The molecule has 0 unspecified atom stereocenters. The van der Waals surface area contributed by atoms with Crippen LogP contribution in [0, 0.1) is 6.92 Å². The Balaban J connectivity index is 1.87. The quantitative estimate of drug-likeness (QED) is 0.845. The largest absolute Gasteiger partial charge is 0.398 e. The molecule has 17 heavy (non-hydrogen) atoms.